The smallest absolute Gasteiger partial charge is 0.410 e. The van der Waals surface area contributed by atoms with Gasteiger partial charge in [0.25, 0.3) is 0 Å². The normalized spacial score (nSPS) is 18.6. The minimum absolute atomic E-state index is 0.0747. The van der Waals surface area contributed by atoms with Crippen molar-refractivity contribution in [3.05, 3.63) is 65.7 Å². The van der Waals surface area contributed by atoms with Crippen LogP contribution in [-0.4, -0.2) is 34.8 Å². The summed E-state index contributed by atoms with van der Waals surface area (Å²) in [6, 6.07) is 16.2. The summed E-state index contributed by atoms with van der Waals surface area (Å²) in [5, 5.41) is 2.84. The van der Waals surface area contributed by atoms with Crippen LogP contribution in [0.15, 0.2) is 54.6 Å². The predicted octanol–water partition coefficient (Wildman–Crippen LogP) is 4.02. The lowest BCUT2D eigenvalue weighted by Crippen LogP contribution is -2.53. The number of amides is 2. The molecular weight excluding hydrogens is 356 g/mol. The monoisotopic (exact) mass is 380 g/mol. The van der Waals surface area contributed by atoms with Crippen molar-refractivity contribution < 1.29 is 19.1 Å². The number of hydrogen-bond acceptors (Lipinski definition) is 4. The van der Waals surface area contributed by atoms with Crippen molar-refractivity contribution >= 4 is 23.5 Å². The molecule has 2 amide bonds. The van der Waals surface area contributed by atoms with E-state index in [1.165, 1.54) is 11.8 Å². The fourth-order valence-corrected chi connectivity index (χ4v) is 3.37. The molecule has 3 rings (SSSR count). The van der Waals surface area contributed by atoms with E-state index in [0.717, 1.165) is 12.0 Å². The zero-order valence-electron chi connectivity index (χ0n) is 16.1. The molecule has 2 aromatic rings. The number of carbonyl (C=O) groups is 3. The standard InChI is InChI=1S/C22H24N2O4/c1-16(25)18-10-6-11-19(14-18)23-20(26)22(2)12-7-13-24(22)21(27)28-15-17-8-4-3-5-9-17/h3-6,8-11,14H,7,12-13,15H2,1-2H3,(H,23,26). The third-order valence-electron chi connectivity index (χ3n) is 5.08. The van der Waals surface area contributed by atoms with Crippen LogP contribution in [0.2, 0.25) is 0 Å². The first-order valence-electron chi connectivity index (χ1n) is 9.31. The van der Waals surface area contributed by atoms with Crippen LogP contribution >= 0.6 is 0 Å². The lowest BCUT2D eigenvalue weighted by molar-refractivity contribution is -0.125. The molecule has 1 unspecified atom stereocenters. The van der Waals surface area contributed by atoms with E-state index in [2.05, 4.69) is 5.32 Å². The molecule has 0 spiro atoms. The molecule has 6 nitrogen and oxygen atoms in total. The van der Waals surface area contributed by atoms with E-state index < -0.39 is 11.6 Å². The lowest BCUT2D eigenvalue weighted by atomic mass is 9.97. The highest BCUT2D eigenvalue weighted by atomic mass is 16.6. The molecule has 6 heteroatoms. The highest BCUT2D eigenvalue weighted by Crippen LogP contribution is 2.31. The summed E-state index contributed by atoms with van der Waals surface area (Å²) < 4.78 is 5.42. The van der Waals surface area contributed by atoms with Gasteiger partial charge in [0.2, 0.25) is 5.91 Å². The van der Waals surface area contributed by atoms with Crippen LogP contribution in [-0.2, 0) is 16.1 Å². The van der Waals surface area contributed by atoms with Crippen molar-refractivity contribution in [2.75, 3.05) is 11.9 Å². The molecule has 0 saturated carbocycles. The minimum atomic E-state index is -1.00. The second-order valence-corrected chi connectivity index (χ2v) is 7.16. The molecular formula is C22H24N2O4. The summed E-state index contributed by atoms with van der Waals surface area (Å²) in [4.78, 5) is 38.6. The average Bonchev–Trinajstić information content (AvgIpc) is 3.10. The van der Waals surface area contributed by atoms with Gasteiger partial charge in [-0.1, -0.05) is 42.5 Å². The van der Waals surface area contributed by atoms with Crippen molar-refractivity contribution in [2.45, 2.75) is 38.8 Å². The number of anilines is 1. The molecule has 1 atom stereocenters. The van der Waals surface area contributed by atoms with Crippen LogP contribution in [0.3, 0.4) is 0 Å². The maximum atomic E-state index is 13.0. The number of benzene rings is 2. The van der Waals surface area contributed by atoms with Gasteiger partial charge in [-0.15, -0.1) is 0 Å². The van der Waals surface area contributed by atoms with Crippen molar-refractivity contribution in [3.63, 3.8) is 0 Å². The van der Waals surface area contributed by atoms with Gasteiger partial charge in [0, 0.05) is 17.8 Å². The van der Waals surface area contributed by atoms with E-state index in [0.29, 0.717) is 24.2 Å². The first-order chi connectivity index (χ1) is 13.4. The summed E-state index contributed by atoms with van der Waals surface area (Å²) in [6.07, 6.45) is 0.764. The molecule has 1 fully saturated rings. The van der Waals surface area contributed by atoms with Gasteiger partial charge in [0.1, 0.15) is 12.1 Å². The van der Waals surface area contributed by atoms with Gasteiger partial charge < -0.3 is 10.1 Å². The Morgan fingerprint density at radius 2 is 1.86 bits per heavy atom. The number of hydrogen-bond donors (Lipinski definition) is 1. The number of ketones is 1. The van der Waals surface area contributed by atoms with E-state index in [1.807, 2.05) is 30.3 Å². The third kappa shape index (κ3) is 4.22. The van der Waals surface area contributed by atoms with Crippen molar-refractivity contribution in [1.82, 2.24) is 4.90 Å². The predicted molar refractivity (Wildman–Crippen MR) is 106 cm³/mol. The summed E-state index contributed by atoms with van der Waals surface area (Å²) in [7, 11) is 0. The molecule has 0 aliphatic carbocycles. The van der Waals surface area contributed by atoms with Gasteiger partial charge in [0.15, 0.2) is 5.78 Å². The number of Topliss-reactive ketones (excluding diaryl/α,β-unsaturated/α-hetero) is 1. The first kappa shape index (κ1) is 19.6. The molecule has 1 aliphatic rings. The molecule has 1 saturated heterocycles. The Morgan fingerprint density at radius 3 is 2.57 bits per heavy atom. The van der Waals surface area contributed by atoms with Gasteiger partial charge in [-0.25, -0.2) is 4.79 Å². The van der Waals surface area contributed by atoms with Gasteiger partial charge in [-0.3, -0.25) is 14.5 Å². The van der Waals surface area contributed by atoms with E-state index in [1.54, 1.807) is 31.2 Å². The zero-order valence-corrected chi connectivity index (χ0v) is 16.1. The van der Waals surface area contributed by atoms with E-state index in [4.69, 9.17) is 4.74 Å². The number of nitrogens with one attached hydrogen (secondary N) is 1. The summed E-state index contributed by atoms with van der Waals surface area (Å²) in [5.41, 5.74) is 0.944. The molecule has 1 aliphatic heterocycles. The van der Waals surface area contributed by atoms with Gasteiger partial charge in [-0.2, -0.15) is 0 Å². The van der Waals surface area contributed by atoms with Gasteiger partial charge in [0.05, 0.1) is 0 Å². The number of ether oxygens (including phenoxy) is 1. The Labute approximate surface area is 164 Å². The lowest BCUT2D eigenvalue weighted by Gasteiger charge is -2.33. The Hall–Kier alpha value is -3.15. The third-order valence-corrected chi connectivity index (χ3v) is 5.08. The molecule has 0 aromatic heterocycles. The Morgan fingerprint density at radius 1 is 1.11 bits per heavy atom. The molecule has 1 N–H and O–H groups in total. The van der Waals surface area contributed by atoms with Crippen molar-refractivity contribution in [2.24, 2.45) is 0 Å². The topological polar surface area (TPSA) is 75.7 Å². The van der Waals surface area contributed by atoms with Crippen molar-refractivity contribution in [1.29, 1.82) is 0 Å². The number of carbonyl (C=O) groups excluding carboxylic acids is 3. The highest BCUT2D eigenvalue weighted by molar-refractivity contribution is 6.01. The maximum absolute atomic E-state index is 13.0. The van der Waals surface area contributed by atoms with E-state index in [-0.39, 0.29) is 18.3 Å². The molecule has 146 valence electrons. The largest absolute Gasteiger partial charge is 0.445 e. The van der Waals surface area contributed by atoms with Gasteiger partial charge in [-0.05, 0) is 44.4 Å². The summed E-state index contributed by atoms with van der Waals surface area (Å²) >= 11 is 0. The number of nitrogens with zero attached hydrogens (tertiary/aromatic N) is 1. The van der Waals surface area contributed by atoms with Crippen LogP contribution in [0.5, 0.6) is 0 Å². The van der Waals surface area contributed by atoms with Crippen LogP contribution < -0.4 is 5.32 Å². The Balaban J connectivity index is 1.68. The summed E-state index contributed by atoms with van der Waals surface area (Å²) in [6.45, 7) is 3.84. The fraction of sp³-hybridized carbons (Fsp3) is 0.318. The fourth-order valence-electron chi connectivity index (χ4n) is 3.37. The Bertz CT molecular complexity index is 881. The molecule has 2 aromatic carbocycles. The quantitative estimate of drug-likeness (QED) is 0.795. The highest BCUT2D eigenvalue weighted by Gasteiger charge is 2.46. The van der Waals surface area contributed by atoms with E-state index in [9.17, 15) is 14.4 Å². The minimum Gasteiger partial charge on any atom is -0.445 e. The maximum Gasteiger partial charge on any atom is 0.410 e. The number of rotatable bonds is 5. The first-order valence-corrected chi connectivity index (χ1v) is 9.31. The van der Waals surface area contributed by atoms with Crippen LogP contribution in [0.1, 0.15) is 42.6 Å². The SMILES string of the molecule is CC(=O)c1cccc(NC(=O)C2(C)CCCN2C(=O)OCc2ccccc2)c1. The van der Waals surface area contributed by atoms with Crippen molar-refractivity contribution in [3.8, 4) is 0 Å². The number of likely N-dealkylation sites (tertiary alicyclic amines) is 1. The molecule has 28 heavy (non-hydrogen) atoms. The van der Waals surface area contributed by atoms with Gasteiger partial charge >= 0.3 is 6.09 Å². The molecule has 0 bridgehead atoms. The average molecular weight is 380 g/mol. The zero-order chi connectivity index (χ0) is 20.1. The second-order valence-electron chi connectivity index (χ2n) is 7.16. The molecule has 0 radical (unpaired) electrons. The van der Waals surface area contributed by atoms with Crippen LogP contribution in [0.4, 0.5) is 10.5 Å². The summed E-state index contributed by atoms with van der Waals surface area (Å²) in [5.74, 6) is -0.364. The Kier molecular flexibility index (Phi) is 5.78. The second kappa shape index (κ2) is 8.25. The van der Waals surface area contributed by atoms with Crippen LogP contribution in [0.25, 0.3) is 0 Å². The van der Waals surface area contributed by atoms with Crippen LogP contribution in [0, 0.1) is 0 Å². The van der Waals surface area contributed by atoms with E-state index >= 15 is 0 Å². The molecule has 1 heterocycles.